The lowest BCUT2D eigenvalue weighted by Gasteiger charge is -2.17. The normalized spacial score (nSPS) is 12.3. The van der Waals surface area contributed by atoms with Crippen LogP contribution in [0.3, 0.4) is 0 Å². The number of hydrogen-bond acceptors (Lipinski definition) is 3. The molecule has 1 atom stereocenters. The Kier molecular flexibility index (Phi) is 4.08. The molecule has 0 bridgehead atoms. The fourth-order valence-electron chi connectivity index (χ4n) is 2.39. The summed E-state index contributed by atoms with van der Waals surface area (Å²) in [5.41, 5.74) is 3.15. The number of carboxylic acids is 1. The molecule has 1 aromatic carbocycles. The third kappa shape index (κ3) is 2.99. The van der Waals surface area contributed by atoms with Gasteiger partial charge in [0.25, 0.3) is 0 Å². The van der Waals surface area contributed by atoms with E-state index in [1.165, 1.54) is 7.11 Å². The lowest BCUT2D eigenvalue weighted by Crippen LogP contribution is -2.14. The second-order valence-corrected chi connectivity index (χ2v) is 4.92. The number of aromatic amines is 1. The molecule has 0 radical (unpaired) electrons. The lowest BCUT2D eigenvalue weighted by atomic mass is 9.93. The fraction of sp³-hybridized carbons (Fsp3) is 0.333. The van der Waals surface area contributed by atoms with E-state index in [9.17, 15) is 4.79 Å². The van der Waals surface area contributed by atoms with Gasteiger partial charge in [0, 0.05) is 11.3 Å². The second-order valence-electron chi connectivity index (χ2n) is 4.92. The molecule has 1 heterocycles. The molecule has 2 aromatic rings. The predicted octanol–water partition coefficient (Wildman–Crippen LogP) is 2.66. The average Bonchev–Trinajstić information content (AvgIpc) is 2.85. The summed E-state index contributed by atoms with van der Waals surface area (Å²) in [6, 6.07) is 4.06. The molecular formula is C15H18N2O3. The van der Waals surface area contributed by atoms with Crippen molar-refractivity contribution in [3.63, 3.8) is 0 Å². The first-order valence-corrected chi connectivity index (χ1v) is 6.38. The van der Waals surface area contributed by atoms with Crippen LogP contribution in [0.4, 0.5) is 0 Å². The number of benzene rings is 1. The Labute approximate surface area is 117 Å². The van der Waals surface area contributed by atoms with Crippen molar-refractivity contribution in [2.75, 3.05) is 7.11 Å². The van der Waals surface area contributed by atoms with Crippen LogP contribution in [0.1, 0.15) is 17.5 Å². The standard InChI is InChI=1S/C15H18N2O3/c1-9-4-11(6-13-8-16-17-15(9)13)5-12(7-14(18)19)10(2)20-3/h4,6,8,12H,2,5,7H2,1,3H3,(H,16,17)(H,18,19). The SMILES string of the molecule is C=C(OC)C(CC(=O)O)Cc1cc(C)c2[nH]ncc2c1. The molecule has 0 saturated carbocycles. The molecule has 20 heavy (non-hydrogen) atoms. The molecule has 0 aliphatic rings. The summed E-state index contributed by atoms with van der Waals surface area (Å²) in [6.45, 7) is 5.79. The number of hydrogen-bond donors (Lipinski definition) is 2. The van der Waals surface area contributed by atoms with Gasteiger partial charge in [0.1, 0.15) is 0 Å². The number of rotatable bonds is 6. The minimum Gasteiger partial charge on any atom is -0.501 e. The molecule has 2 rings (SSSR count). The summed E-state index contributed by atoms with van der Waals surface area (Å²) in [5.74, 6) is -0.590. The van der Waals surface area contributed by atoms with Crippen LogP contribution in [0.2, 0.25) is 0 Å². The number of ether oxygens (including phenoxy) is 1. The number of nitrogens with zero attached hydrogens (tertiary/aromatic N) is 1. The number of allylic oxidation sites excluding steroid dienone is 1. The number of aromatic nitrogens is 2. The van der Waals surface area contributed by atoms with Gasteiger partial charge in [-0.2, -0.15) is 5.10 Å². The number of carbonyl (C=O) groups is 1. The van der Waals surface area contributed by atoms with E-state index in [0.717, 1.165) is 22.0 Å². The van der Waals surface area contributed by atoms with E-state index in [1.54, 1.807) is 6.20 Å². The molecule has 0 fully saturated rings. The van der Waals surface area contributed by atoms with Crippen molar-refractivity contribution in [3.05, 3.63) is 41.8 Å². The number of aliphatic carboxylic acids is 1. The maximum absolute atomic E-state index is 10.9. The van der Waals surface area contributed by atoms with Gasteiger partial charge in [-0.3, -0.25) is 9.89 Å². The van der Waals surface area contributed by atoms with Crippen molar-refractivity contribution in [1.82, 2.24) is 10.2 Å². The number of carboxylic acid groups (broad SMARTS) is 1. The molecule has 0 spiro atoms. The van der Waals surface area contributed by atoms with Gasteiger partial charge < -0.3 is 9.84 Å². The highest BCUT2D eigenvalue weighted by molar-refractivity contribution is 5.81. The number of aryl methyl sites for hydroxylation is 1. The van der Waals surface area contributed by atoms with Crippen molar-refractivity contribution in [1.29, 1.82) is 0 Å². The van der Waals surface area contributed by atoms with Gasteiger partial charge >= 0.3 is 5.97 Å². The van der Waals surface area contributed by atoms with Gasteiger partial charge in [-0.1, -0.05) is 12.6 Å². The van der Waals surface area contributed by atoms with E-state index in [4.69, 9.17) is 9.84 Å². The van der Waals surface area contributed by atoms with Gasteiger partial charge in [-0.25, -0.2) is 0 Å². The highest BCUT2D eigenvalue weighted by atomic mass is 16.5. The van der Waals surface area contributed by atoms with E-state index in [1.807, 2.05) is 19.1 Å². The third-order valence-electron chi connectivity index (χ3n) is 3.43. The topological polar surface area (TPSA) is 75.2 Å². The Morgan fingerprint density at radius 1 is 1.55 bits per heavy atom. The molecule has 0 aliphatic heterocycles. The van der Waals surface area contributed by atoms with Crippen molar-refractivity contribution in [2.24, 2.45) is 5.92 Å². The van der Waals surface area contributed by atoms with Gasteiger partial charge in [-0.05, 0) is 30.5 Å². The Morgan fingerprint density at radius 3 is 2.95 bits per heavy atom. The molecular weight excluding hydrogens is 256 g/mol. The average molecular weight is 274 g/mol. The summed E-state index contributed by atoms with van der Waals surface area (Å²) in [6.07, 6.45) is 2.36. The van der Waals surface area contributed by atoms with Gasteiger partial charge in [-0.15, -0.1) is 0 Å². The van der Waals surface area contributed by atoms with Crippen LogP contribution in [0, 0.1) is 12.8 Å². The van der Waals surface area contributed by atoms with Crippen LogP contribution in [0.15, 0.2) is 30.7 Å². The summed E-state index contributed by atoms with van der Waals surface area (Å²) < 4.78 is 5.11. The Bertz CT molecular complexity index is 646. The smallest absolute Gasteiger partial charge is 0.304 e. The largest absolute Gasteiger partial charge is 0.501 e. The van der Waals surface area contributed by atoms with Crippen LogP contribution in [-0.2, 0) is 16.0 Å². The lowest BCUT2D eigenvalue weighted by molar-refractivity contribution is -0.138. The van der Waals surface area contributed by atoms with Crippen molar-refractivity contribution >= 4 is 16.9 Å². The van der Waals surface area contributed by atoms with Gasteiger partial charge in [0.05, 0.1) is 31.0 Å². The summed E-state index contributed by atoms with van der Waals surface area (Å²) in [7, 11) is 1.52. The van der Waals surface area contributed by atoms with Crippen LogP contribution < -0.4 is 0 Å². The molecule has 1 unspecified atom stereocenters. The van der Waals surface area contributed by atoms with Crippen molar-refractivity contribution in [3.8, 4) is 0 Å². The third-order valence-corrected chi connectivity index (χ3v) is 3.43. The van der Waals surface area contributed by atoms with Crippen LogP contribution in [-0.4, -0.2) is 28.4 Å². The zero-order valence-electron chi connectivity index (χ0n) is 11.6. The molecule has 0 saturated heterocycles. The molecule has 0 amide bonds. The summed E-state index contributed by atoms with van der Waals surface area (Å²) in [4.78, 5) is 10.9. The summed E-state index contributed by atoms with van der Waals surface area (Å²) in [5, 5.41) is 17.0. The molecule has 0 aliphatic carbocycles. The first kappa shape index (κ1) is 14.1. The number of nitrogens with one attached hydrogen (secondary N) is 1. The minimum atomic E-state index is -0.852. The van der Waals surface area contributed by atoms with Crippen molar-refractivity contribution < 1.29 is 14.6 Å². The first-order chi connectivity index (χ1) is 9.51. The Hall–Kier alpha value is -2.30. The van der Waals surface area contributed by atoms with Gasteiger partial charge in [0.15, 0.2) is 0 Å². The Morgan fingerprint density at radius 2 is 2.30 bits per heavy atom. The highest BCUT2D eigenvalue weighted by Gasteiger charge is 2.18. The maximum Gasteiger partial charge on any atom is 0.304 e. The molecule has 5 nitrogen and oxygen atoms in total. The highest BCUT2D eigenvalue weighted by Crippen LogP contribution is 2.24. The minimum absolute atomic E-state index is 0.00907. The monoisotopic (exact) mass is 274 g/mol. The maximum atomic E-state index is 10.9. The zero-order chi connectivity index (χ0) is 14.7. The predicted molar refractivity (Wildman–Crippen MR) is 76.4 cm³/mol. The Balaban J connectivity index is 2.27. The second kappa shape index (κ2) is 5.77. The molecule has 106 valence electrons. The van der Waals surface area contributed by atoms with E-state index in [2.05, 4.69) is 16.8 Å². The zero-order valence-corrected chi connectivity index (χ0v) is 11.6. The molecule has 2 N–H and O–H groups in total. The number of fused-ring (bicyclic) bond motifs is 1. The number of H-pyrrole nitrogens is 1. The van der Waals surface area contributed by atoms with Crippen LogP contribution in [0.5, 0.6) is 0 Å². The van der Waals surface area contributed by atoms with Crippen LogP contribution in [0.25, 0.3) is 10.9 Å². The first-order valence-electron chi connectivity index (χ1n) is 6.38. The van der Waals surface area contributed by atoms with Gasteiger partial charge in [0.2, 0.25) is 0 Å². The van der Waals surface area contributed by atoms with E-state index < -0.39 is 5.97 Å². The molecule has 5 heteroatoms. The van der Waals surface area contributed by atoms with E-state index in [-0.39, 0.29) is 12.3 Å². The number of methoxy groups -OCH3 is 1. The molecule has 1 aromatic heterocycles. The quantitative estimate of drug-likeness (QED) is 0.794. The fourth-order valence-corrected chi connectivity index (χ4v) is 2.39. The van der Waals surface area contributed by atoms with E-state index >= 15 is 0 Å². The van der Waals surface area contributed by atoms with Crippen LogP contribution >= 0.6 is 0 Å². The summed E-state index contributed by atoms with van der Waals surface area (Å²) >= 11 is 0. The van der Waals surface area contributed by atoms with E-state index in [0.29, 0.717) is 12.2 Å². The van der Waals surface area contributed by atoms with Crippen molar-refractivity contribution in [2.45, 2.75) is 19.8 Å².